The number of piperidine rings is 1. The molecule has 0 aromatic rings. The molecule has 0 N–H and O–H groups in total. The van der Waals surface area contributed by atoms with E-state index in [4.69, 9.17) is 4.74 Å². The Morgan fingerprint density at radius 3 is 2.32 bits per heavy atom. The van der Waals surface area contributed by atoms with Crippen LogP contribution in [-0.4, -0.2) is 43.0 Å². The van der Waals surface area contributed by atoms with Crippen LogP contribution >= 0.6 is 0 Å². The van der Waals surface area contributed by atoms with E-state index < -0.39 is 0 Å². The van der Waals surface area contributed by atoms with Crippen molar-refractivity contribution in [1.82, 2.24) is 4.90 Å². The standard InChI is InChI=1S/C19H33NO2/c1-3-4-5-6-7-8-9-10-11-19(21)16-12-17-14-22-15-18(13-16)20(17)2/h3,16-18H,1,4-15H2,2H3. The first-order chi connectivity index (χ1) is 10.7. The van der Waals surface area contributed by atoms with Gasteiger partial charge in [-0.15, -0.1) is 6.58 Å². The van der Waals surface area contributed by atoms with Crippen molar-refractivity contribution in [2.75, 3.05) is 20.3 Å². The number of hydrogen-bond donors (Lipinski definition) is 0. The monoisotopic (exact) mass is 307 g/mol. The molecule has 2 unspecified atom stereocenters. The molecule has 2 fully saturated rings. The van der Waals surface area contributed by atoms with Crippen LogP contribution in [0.15, 0.2) is 12.7 Å². The molecule has 0 aliphatic carbocycles. The smallest absolute Gasteiger partial charge is 0.136 e. The minimum atomic E-state index is 0.294. The van der Waals surface area contributed by atoms with Crippen molar-refractivity contribution < 1.29 is 9.53 Å². The van der Waals surface area contributed by atoms with Gasteiger partial charge >= 0.3 is 0 Å². The second kappa shape index (κ2) is 9.46. The number of Topliss-reactive ketones (excluding diaryl/α,β-unsaturated/α-hetero) is 1. The molecule has 0 spiro atoms. The Balaban J connectivity index is 1.57. The van der Waals surface area contributed by atoms with Gasteiger partial charge in [-0.25, -0.2) is 0 Å². The molecule has 2 atom stereocenters. The third-order valence-corrected chi connectivity index (χ3v) is 5.42. The van der Waals surface area contributed by atoms with Crippen molar-refractivity contribution in [2.45, 2.75) is 76.3 Å². The fraction of sp³-hybridized carbons (Fsp3) is 0.842. The Hall–Kier alpha value is -0.670. The number of carbonyl (C=O) groups excluding carboxylic acids is 1. The van der Waals surface area contributed by atoms with Crippen LogP contribution in [0, 0.1) is 5.92 Å². The number of allylic oxidation sites excluding steroid dienone is 1. The third-order valence-electron chi connectivity index (χ3n) is 5.42. The van der Waals surface area contributed by atoms with Crippen molar-refractivity contribution in [2.24, 2.45) is 5.92 Å². The predicted molar refractivity (Wildman–Crippen MR) is 91.0 cm³/mol. The Bertz CT molecular complexity index is 341. The number of ether oxygens (including phenoxy) is 1. The van der Waals surface area contributed by atoms with E-state index in [0.717, 1.165) is 45.3 Å². The molecule has 0 aromatic carbocycles. The lowest BCUT2D eigenvalue weighted by Gasteiger charge is -2.46. The van der Waals surface area contributed by atoms with Crippen LogP contribution in [0.1, 0.15) is 64.2 Å². The van der Waals surface area contributed by atoms with Crippen LogP contribution in [-0.2, 0) is 9.53 Å². The van der Waals surface area contributed by atoms with Gasteiger partial charge in [-0.2, -0.15) is 0 Å². The van der Waals surface area contributed by atoms with Gasteiger partial charge in [-0.1, -0.05) is 31.8 Å². The molecule has 2 aliphatic heterocycles. The van der Waals surface area contributed by atoms with Crippen molar-refractivity contribution in [3.8, 4) is 0 Å². The third kappa shape index (κ3) is 5.20. The average molecular weight is 307 g/mol. The molecule has 3 nitrogen and oxygen atoms in total. The molecule has 0 saturated carbocycles. The number of nitrogens with zero attached hydrogens (tertiary/aromatic N) is 1. The summed E-state index contributed by atoms with van der Waals surface area (Å²) in [4.78, 5) is 14.9. The maximum absolute atomic E-state index is 12.4. The zero-order valence-corrected chi connectivity index (χ0v) is 14.3. The molecule has 2 saturated heterocycles. The number of carbonyl (C=O) groups is 1. The van der Waals surface area contributed by atoms with Crippen molar-refractivity contribution in [3.05, 3.63) is 12.7 Å². The topological polar surface area (TPSA) is 29.5 Å². The van der Waals surface area contributed by atoms with Gasteiger partial charge in [0.25, 0.3) is 0 Å². The van der Waals surface area contributed by atoms with Crippen LogP contribution in [0.5, 0.6) is 0 Å². The molecular formula is C19H33NO2. The van der Waals surface area contributed by atoms with Gasteiger partial charge in [0.15, 0.2) is 0 Å². The van der Waals surface area contributed by atoms with E-state index in [1.807, 2.05) is 6.08 Å². The normalized spacial score (nSPS) is 28.5. The number of likely N-dealkylation sites (N-methyl/N-ethyl adjacent to an activating group) is 1. The van der Waals surface area contributed by atoms with Crippen molar-refractivity contribution in [1.29, 1.82) is 0 Å². The Morgan fingerprint density at radius 2 is 1.68 bits per heavy atom. The summed E-state index contributed by atoms with van der Waals surface area (Å²) in [6.07, 6.45) is 13.4. The highest BCUT2D eigenvalue weighted by Crippen LogP contribution is 2.31. The van der Waals surface area contributed by atoms with E-state index in [9.17, 15) is 4.79 Å². The van der Waals surface area contributed by atoms with Gasteiger partial charge in [-0.05, 0) is 39.2 Å². The Morgan fingerprint density at radius 1 is 1.09 bits per heavy atom. The first-order valence-electron chi connectivity index (χ1n) is 9.15. The molecule has 2 heterocycles. The number of hydrogen-bond acceptors (Lipinski definition) is 3. The van der Waals surface area contributed by atoms with Crippen LogP contribution in [0.2, 0.25) is 0 Å². The molecule has 2 aliphatic rings. The lowest BCUT2D eigenvalue weighted by Crippen LogP contribution is -2.55. The summed E-state index contributed by atoms with van der Waals surface area (Å²) in [5.74, 6) is 0.805. The van der Waals surface area contributed by atoms with E-state index >= 15 is 0 Å². The lowest BCUT2D eigenvalue weighted by molar-refractivity contribution is -0.131. The maximum atomic E-state index is 12.4. The van der Waals surface area contributed by atoms with Gasteiger partial charge in [0.05, 0.1) is 13.2 Å². The summed E-state index contributed by atoms with van der Waals surface area (Å²) in [5.41, 5.74) is 0. The van der Waals surface area contributed by atoms with E-state index in [2.05, 4.69) is 18.5 Å². The highest BCUT2D eigenvalue weighted by Gasteiger charge is 2.38. The van der Waals surface area contributed by atoms with Gasteiger partial charge in [0, 0.05) is 24.4 Å². The average Bonchev–Trinajstić information content (AvgIpc) is 2.49. The Kier molecular flexibility index (Phi) is 7.61. The minimum Gasteiger partial charge on any atom is -0.378 e. The van der Waals surface area contributed by atoms with Gasteiger partial charge in [0.2, 0.25) is 0 Å². The highest BCUT2D eigenvalue weighted by molar-refractivity contribution is 5.81. The second-order valence-corrected chi connectivity index (χ2v) is 7.09. The fourth-order valence-corrected chi connectivity index (χ4v) is 3.86. The zero-order chi connectivity index (χ0) is 15.8. The highest BCUT2D eigenvalue weighted by atomic mass is 16.5. The lowest BCUT2D eigenvalue weighted by atomic mass is 9.81. The molecule has 126 valence electrons. The number of morpholine rings is 1. The molecule has 2 bridgehead atoms. The fourth-order valence-electron chi connectivity index (χ4n) is 3.86. The summed E-state index contributed by atoms with van der Waals surface area (Å²) in [7, 11) is 2.19. The molecule has 22 heavy (non-hydrogen) atoms. The molecule has 2 rings (SSSR count). The minimum absolute atomic E-state index is 0.294. The summed E-state index contributed by atoms with van der Waals surface area (Å²) in [6, 6.07) is 0.928. The van der Waals surface area contributed by atoms with Crippen LogP contribution in [0.4, 0.5) is 0 Å². The van der Waals surface area contributed by atoms with Crippen LogP contribution in [0.25, 0.3) is 0 Å². The van der Waals surface area contributed by atoms with E-state index in [-0.39, 0.29) is 0 Å². The van der Waals surface area contributed by atoms with Gasteiger partial charge < -0.3 is 4.74 Å². The van der Waals surface area contributed by atoms with E-state index in [1.54, 1.807) is 0 Å². The first-order valence-corrected chi connectivity index (χ1v) is 9.15. The first kappa shape index (κ1) is 17.7. The van der Waals surface area contributed by atoms with E-state index in [0.29, 0.717) is 23.8 Å². The van der Waals surface area contributed by atoms with Crippen molar-refractivity contribution >= 4 is 5.78 Å². The molecular weight excluding hydrogens is 274 g/mol. The number of fused-ring (bicyclic) bond motifs is 2. The van der Waals surface area contributed by atoms with Gasteiger partial charge in [-0.3, -0.25) is 9.69 Å². The summed E-state index contributed by atoms with van der Waals surface area (Å²) in [6.45, 7) is 5.36. The Labute approximate surface area is 136 Å². The van der Waals surface area contributed by atoms with Crippen LogP contribution in [0.3, 0.4) is 0 Å². The number of unbranched alkanes of at least 4 members (excludes halogenated alkanes) is 6. The summed E-state index contributed by atoms with van der Waals surface area (Å²) < 4.78 is 5.63. The van der Waals surface area contributed by atoms with Crippen molar-refractivity contribution in [3.63, 3.8) is 0 Å². The second-order valence-electron chi connectivity index (χ2n) is 7.09. The molecule has 0 aromatic heterocycles. The predicted octanol–water partition coefficient (Wildman–Crippen LogP) is 3.97. The number of rotatable bonds is 10. The molecule has 0 radical (unpaired) electrons. The maximum Gasteiger partial charge on any atom is 0.136 e. The summed E-state index contributed by atoms with van der Waals surface area (Å²) in [5, 5.41) is 0. The molecule has 3 heteroatoms. The largest absolute Gasteiger partial charge is 0.378 e. The SMILES string of the molecule is C=CCCCCCCCCC(=O)C1CC2COCC(C1)N2C. The van der Waals surface area contributed by atoms with E-state index in [1.165, 1.54) is 32.1 Å². The van der Waals surface area contributed by atoms with Crippen LogP contribution < -0.4 is 0 Å². The quantitative estimate of drug-likeness (QED) is 0.452. The van der Waals surface area contributed by atoms with Gasteiger partial charge in [0.1, 0.15) is 5.78 Å². The zero-order valence-electron chi connectivity index (χ0n) is 14.3. The number of ketones is 1. The molecule has 0 amide bonds. The summed E-state index contributed by atoms with van der Waals surface area (Å²) >= 11 is 0.